The van der Waals surface area contributed by atoms with Crippen LogP contribution in [0.25, 0.3) is 0 Å². The predicted molar refractivity (Wildman–Crippen MR) is 83.6 cm³/mol. The van der Waals surface area contributed by atoms with Gasteiger partial charge in [-0.25, -0.2) is 8.42 Å². The van der Waals surface area contributed by atoms with E-state index in [4.69, 9.17) is 33.7 Å². The highest BCUT2D eigenvalue weighted by Crippen LogP contribution is 2.39. The minimum Gasteiger partial charge on any atom is -0.495 e. The van der Waals surface area contributed by atoms with Crippen molar-refractivity contribution in [3.63, 3.8) is 0 Å². The monoisotopic (exact) mass is 352 g/mol. The minimum absolute atomic E-state index is 0.00348. The molecule has 1 aliphatic heterocycles. The van der Waals surface area contributed by atoms with Gasteiger partial charge >= 0.3 is 0 Å². The number of sulfonamides is 1. The molecule has 8 heteroatoms. The summed E-state index contributed by atoms with van der Waals surface area (Å²) in [5.41, 5.74) is 5.52. The quantitative estimate of drug-likeness (QED) is 0.902. The third-order valence-electron chi connectivity index (χ3n) is 3.86. The summed E-state index contributed by atoms with van der Waals surface area (Å²) in [7, 11) is -2.25. The molecule has 0 aliphatic carbocycles. The first kappa shape index (κ1) is 16.8. The van der Waals surface area contributed by atoms with Crippen molar-refractivity contribution in [1.29, 1.82) is 0 Å². The van der Waals surface area contributed by atoms with Crippen LogP contribution < -0.4 is 10.5 Å². The summed E-state index contributed by atoms with van der Waals surface area (Å²) in [5.74, 6) is 0.342. The number of hydrogen-bond acceptors (Lipinski definition) is 4. The Labute approximate surface area is 135 Å². The maximum Gasteiger partial charge on any atom is 0.244 e. The van der Waals surface area contributed by atoms with Crippen LogP contribution in [-0.2, 0) is 10.0 Å². The minimum atomic E-state index is -3.69. The van der Waals surface area contributed by atoms with Gasteiger partial charge in [-0.15, -0.1) is 0 Å². The second-order valence-corrected chi connectivity index (χ2v) is 8.16. The van der Waals surface area contributed by atoms with Crippen molar-refractivity contribution < 1.29 is 13.2 Å². The third-order valence-corrected chi connectivity index (χ3v) is 6.73. The van der Waals surface area contributed by atoms with E-state index in [0.29, 0.717) is 25.4 Å². The van der Waals surface area contributed by atoms with Crippen molar-refractivity contribution in [2.24, 2.45) is 11.1 Å². The van der Waals surface area contributed by atoms with Gasteiger partial charge < -0.3 is 10.5 Å². The van der Waals surface area contributed by atoms with Gasteiger partial charge in [0.2, 0.25) is 10.0 Å². The Morgan fingerprint density at radius 2 is 2.05 bits per heavy atom. The molecule has 2 N–H and O–H groups in total. The molecule has 1 aromatic carbocycles. The lowest BCUT2D eigenvalue weighted by Gasteiger charge is -2.23. The van der Waals surface area contributed by atoms with Crippen molar-refractivity contribution in [2.45, 2.75) is 18.2 Å². The standard InChI is InChI=1S/C13H18Cl2N2O3S/c1-13(7-16)5-6-17(8-13)21(18,19)10-4-3-9(20-2)11(14)12(10)15/h3-4H,5-8,16H2,1-2H3. The van der Waals surface area contributed by atoms with E-state index in [1.54, 1.807) is 0 Å². The van der Waals surface area contributed by atoms with E-state index < -0.39 is 10.0 Å². The zero-order valence-electron chi connectivity index (χ0n) is 11.9. The first-order valence-corrected chi connectivity index (χ1v) is 8.67. The van der Waals surface area contributed by atoms with Crippen molar-refractivity contribution >= 4 is 33.2 Å². The number of ether oxygens (including phenoxy) is 1. The molecule has 21 heavy (non-hydrogen) atoms. The van der Waals surface area contributed by atoms with Crippen molar-refractivity contribution in [1.82, 2.24) is 4.31 Å². The third kappa shape index (κ3) is 3.00. The first-order valence-electron chi connectivity index (χ1n) is 6.47. The summed E-state index contributed by atoms with van der Waals surface area (Å²) in [6.07, 6.45) is 0.726. The Morgan fingerprint density at radius 3 is 2.57 bits per heavy atom. The number of rotatable bonds is 4. The maximum absolute atomic E-state index is 12.7. The molecular weight excluding hydrogens is 335 g/mol. The molecule has 1 unspecified atom stereocenters. The van der Waals surface area contributed by atoms with Gasteiger partial charge in [-0.2, -0.15) is 4.31 Å². The molecule has 0 aromatic heterocycles. The molecule has 0 bridgehead atoms. The lowest BCUT2D eigenvalue weighted by Crippen LogP contribution is -2.34. The van der Waals surface area contributed by atoms with Gasteiger partial charge in [-0.05, 0) is 30.5 Å². The molecule has 2 rings (SSSR count). The van der Waals surface area contributed by atoms with Gasteiger partial charge in [0, 0.05) is 13.1 Å². The topological polar surface area (TPSA) is 72.6 Å². The lowest BCUT2D eigenvalue weighted by atomic mass is 9.90. The van der Waals surface area contributed by atoms with Crippen LogP contribution in [-0.4, -0.2) is 39.5 Å². The molecule has 5 nitrogen and oxygen atoms in total. The van der Waals surface area contributed by atoms with Crippen LogP contribution in [0.15, 0.2) is 17.0 Å². The smallest absolute Gasteiger partial charge is 0.244 e. The Morgan fingerprint density at radius 1 is 1.38 bits per heavy atom. The van der Waals surface area contributed by atoms with E-state index in [0.717, 1.165) is 6.42 Å². The predicted octanol–water partition coefficient (Wildman–Crippen LogP) is 2.36. The molecule has 1 heterocycles. The molecule has 118 valence electrons. The van der Waals surface area contributed by atoms with Gasteiger partial charge in [-0.3, -0.25) is 0 Å². The number of methoxy groups -OCH3 is 1. The fraction of sp³-hybridized carbons (Fsp3) is 0.538. The van der Waals surface area contributed by atoms with E-state index in [-0.39, 0.29) is 20.4 Å². The highest BCUT2D eigenvalue weighted by Gasteiger charge is 2.40. The van der Waals surface area contributed by atoms with E-state index >= 15 is 0 Å². The normalized spacial score (nSPS) is 23.5. The molecule has 0 radical (unpaired) electrons. The van der Waals surface area contributed by atoms with E-state index in [9.17, 15) is 8.42 Å². The van der Waals surface area contributed by atoms with Crippen LogP contribution in [0.3, 0.4) is 0 Å². The van der Waals surface area contributed by atoms with Crippen LogP contribution in [0.5, 0.6) is 5.75 Å². The summed E-state index contributed by atoms with van der Waals surface area (Å²) in [6, 6.07) is 2.92. The summed E-state index contributed by atoms with van der Waals surface area (Å²) in [6.45, 7) is 3.23. The lowest BCUT2D eigenvalue weighted by molar-refractivity contribution is 0.349. The second-order valence-electron chi connectivity index (χ2n) is 5.50. The Kier molecular flexibility index (Phi) is 4.75. The molecule has 1 atom stereocenters. The Hall–Kier alpha value is -0.530. The van der Waals surface area contributed by atoms with Crippen LogP contribution in [0, 0.1) is 5.41 Å². The first-order chi connectivity index (χ1) is 9.75. The summed E-state index contributed by atoms with van der Waals surface area (Å²) in [4.78, 5) is -0.00348. The summed E-state index contributed by atoms with van der Waals surface area (Å²) < 4.78 is 31.9. The van der Waals surface area contributed by atoms with Crippen LogP contribution >= 0.6 is 23.2 Å². The fourth-order valence-electron chi connectivity index (χ4n) is 2.36. The van der Waals surface area contributed by atoms with Gasteiger partial charge in [0.15, 0.2) is 0 Å². The zero-order chi connectivity index (χ0) is 15.8. The average molecular weight is 353 g/mol. The van der Waals surface area contributed by atoms with Crippen molar-refractivity contribution in [2.75, 3.05) is 26.7 Å². The number of nitrogens with two attached hydrogens (primary N) is 1. The van der Waals surface area contributed by atoms with Crippen LogP contribution in [0.1, 0.15) is 13.3 Å². The molecular formula is C13H18Cl2N2O3S. The van der Waals surface area contributed by atoms with Gasteiger partial charge in [0.05, 0.1) is 12.1 Å². The van der Waals surface area contributed by atoms with Gasteiger partial charge in [0.25, 0.3) is 0 Å². The van der Waals surface area contributed by atoms with E-state index in [1.165, 1.54) is 23.5 Å². The van der Waals surface area contributed by atoms with Crippen LogP contribution in [0.2, 0.25) is 10.0 Å². The molecule has 0 amide bonds. The average Bonchev–Trinajstić information content (AvgIpc) is 2.85. The van der Waals surface area contributed by atoms with E-state index in [2.05, 4.69) is 0 Å². The SMILES string of the molecule is COc1ccc(S(=O)(=O)N2CCC(C)(CN)C2)c(Cl)c1Cl. The summed E-state index contributed by atoms with van der Waals surface area (Å²) in [5, 5.41) is 0.0818. The summed E-state index contributed by atoms with van der Waals surface area (Å²) >= 11 is 12.1. The Balaban J connectivity index is 2.40. The molecule has 1 aromatic rings. The molecule has 0 saturated carbocycles. The van der Waals surface area contributed by atoms with Crippen LogP contribution in [0.4, 0.5) is 0 Å². The molecule has 1 aliphatic rings. The molecule has 0 spiro atoms. The van der Waals surface area contributed by atoms with E-state index in [1.807, 2.05) is 6.92 Å². The highest BCUT2D eigenvalue weighted by atomic mass is 35.5. The molecule has 1 saturated heterocycles. The number of nitrogens with zero attached hydrogens (tertiary/aromatic N) is 1. The maximum atomic E-state index is 12.7. The van der Waals surface area contributed by atoms with Gasteiger partial charge in [0.1, 0.15) is 15.7 Å². The Bertz CT molecular complexity index is 651. The zero-order valence-corrected chi connectivity index (χ0v) is 14.2. The number of halogens is 2. The number of hydrogen-bond donors (Lipinski definition) is 1. The van der Waals surface area contributed by atoms with Crippen molar-refractivity contribution in [3.8, 4) is 5.75 Å². The second kappa shape index (κ2) is 5.93. The highest BCUT2D eigenvalue weighted by molar-refractivity contribution is 7.89. The fourth-order valence-corrected chi connectivity index (χ4v) is 4.77. The van der Waals surface area contributed by atoms with Gasteiger partial charge in [-0.1, -0.05) is 30.1 Å². The largest absolute Gasteiger partial charge is 0.495 e. The molecule has 1 fully saturated rings. The number of benzene rings is 1. The van der Waals surface area contributed by atoms with Crippen molar-refractivity contribution in [3.05, 3.63) is 22.2 Å².